The van der Waals surface area contributed by atoms with Crippen LogP contribution in [0.2, 0.25) is 0 Å². The molecule has 17 heavy (non-hydrogen) atoms. The lowest BCUT2D eigenvalue weighted by atomic mass is 10.0. The van der Waals surface area contributed by atoms with E-state index in [1.54, 1.807) is 0 Å². The zero-order valence-corrected chi connectivity index (χ0v) is 12.2. The zero-order valence-electron chi connectivity index (χ0n) is 10.6. The molecule has 1 saturated carbocycles. The second-order valence-electron chi connectivity index (χ2n) is 5.30. The van der Waals surface area contributed by atoms with Crippen LogP contribution < -0.4 is 10.6 Å². The molecule has 2 aliphatic rings. The zero-order chi connectivity index (χ0) is 12.1. The maximum absolute atomic E-state index is 3.61. The van der Waals surface area contributed by atoms with Crippen LogP contribution in [0.4, 0.5) is 0 Å². The number of hydrogen-bond acceptors (Lipinski definition) is 2. The third kappa shape index (κ3) is 4.14. The van der Waals surface area contributed by atoms with E-state index in [0.717, 1.165) is 29.4 Å². The summed E-state index contributed by atoms with van der Waals surface area (Å²) >= 11 is 3.50. The van der Waals surface area contributed by atoms with E-state index < -0.39 is 0 Å². The molecule has 1 aliphatic heterocycles. The summed E-state index contributed by atoms with van der Waals surface area (Å²) in [4.78, 5) is 0. The van der Waals surface area contributed by atoms with E-state index in [0.29, 0.717) is 0 Å². The Labute approximate surface area is 113 Å². The van der Waals surface area contributed by atoms with Gasteiger partial charge in [0.25, 0.3) is 0 Å². The molecule has 0 spiro atoms. The summed E-state index contributed by atoms with van der Waals surface area (Å²) < 4.78 is 1.15. The van der Waals surface area contributed by atoms with Crippen molar-refractivity contribution in [2.24, 2.45) is 11.8 Å². The van der Waals surface area contributed by atoms with Gasteiger partial charge in [0.2, 0.25) is 0 Å². The summed E-state index contributed by atoms with van der Waals surface area (Å²) in [5.74, 6) is 1.91. The Morgan fingerprint density at radius 3 is 2.94 bits per heavy atom. The molecule has 0 aromatic rings. The lowest BCUT2D eigenvalue weighted by Gasteiger charge is -2.16. The lowest BCUT2D eigenvalue weighted by molar-refractivity contribution is 0.458. The maximum atomic E-state index is 3.61. The molecule has 96 valence electrons. The van der Waals surface area contributed by atoms with E-state index in [9.17, 15) is 0 Å². The molecule has 1 fully saturated rings. The van der Waals surface area contributed by atoms with E-state index in [-0.39, 0.29) is 0 Å². The van der Waals surface area contributed by atoms with Crippen molar-refractivity contribution in [3.05, 3.63) is 22.3 Å². The monoisotopic (exact) mass is 298 g/mol. The molecule has 0 bridgehead atoms. The quantitative estimate of drug-likeness (QED) is 0.815. The van der Waals surface area contributed by atoms with Crippen LogP contribution in [0.25, 0.3) is 0 Å². The summed E-state index contributed by atoms with van der Waals surface area (Å²) in [6.07, 6.45) is 9.89. The SMILES string of the molecule is CCC1CCC(CNCC2=CC(Br)=CNC2)C1. The van der Waals surface area contributed by atoms with Gasteiger partial charge < -0.3 is 10.6 Å². The van der Waals surface area contributed by atoms with Crippen LogP contribution in [0, 0.1) is 11.8 Å². The average molecular weight is 299 g/mol. The first-order valence-corrected chi connectivity index (χ1v) is 7.56. The third-order valence-electron chi connectivity index (χ3n) is 3.92. The highest BCUT2D eigenvalue weighted by Gasteiger charge is 2.22. The minimum Gasteiger partial charge on any atom is -0.386 e. The fourth-order valence-electron chi connectivity index (χ4n) is 2.85. The second kappa shape index (κ2) is 6.60. The first-order chi connectivity index (χ1) is 8.28. The van der Waals surface area contributed by atoms with E-state index in [2.05, 4.69) is 39.6 Å². The minimum atomic E-state index is 0.913. The molecule has 2 unspecified atom stereocenters. The van der Waals surface area contributed by atoms with Gasteiger partial charge in [-0.1, -0.05) is 19.8 Å². The van der Waals surface area contributed by atoms with E-state index in [4.69, 9.17) is 0 Å². The van der Waals surface area contributed by atoms with Gasteiger partial charge in [-0.25, -0.2) is 0 Å². The van der Waals surface area contributed by atoms with Gasteiger partial charge in [0.1, 0.15) is 0 Å². The Hall–Kier alpha value is -0.280. The van der Waals surface area contributed by atoms with Gasteiger partial charge in [0, 0.05) is 23.8 Å². The molecular weight excluding hydrogens is 276 g/mol. The van der Waals surface area contributed by atoms with E-state index >= 15 is 0 Å². The van der Waals surface area contributed by atoms with Gasteiger partial charge in [-0.3, -0.25) is 0 Å². The summed E-state index contributed by atoms with van der Waals surface area (Å²) in [5, 5.41) is 6.87. The van der Waals surface area contributed by atoms with E-state index in [1.807, 2.05) is 6.20 Å². The summed E-state index contributed by atoms with van der Waals surface area (Å²) in [6, 6.07) is 0. The molecule has 3 heteroatoms. The molecule has 0 aromatic carbocycles. The number of nitrogens with one attached hydrogen (secondary N) is 2. The molecule has 2 atom stereocenters. The molecular formula is C14H23BrN2. The van der Waals surface area contributed by atoms with Crippen LogP contribution in [0.5, 0.6) is 0 Å². The van der Waals surface area contributed by atoms with E-state index in [1.165, 1.54) is 37.8 Å². The van der Waals surface area contributed by atoms with Crippen LogP contribution in [0.1, 0.15) is 32.6 Å². The van der Waals surface area contributed by atoms with Gasteiger partial charge in [-0.15, -0.1) is 0 Å². The number of dihydropyridines is 1. The van der Waals surface area contributed by atoms with Gasteiger partial charge in [0.05, 0.1) is 0 Å². The Morgan fingerprint density at radius 1 is 1.41 bits per heavy atom. The van der Waals surface area contributed by atoms with Gasteiger partial charge in [-0.2, -0.15) is 0 Å². The molecule has 1 heterocycles. The van der Waals surface area contributed by atoms with Crippen molar-refractivity contribution in [2.45, 2.75) is 32.6 Å². The van der Waals surface area contributed by atoms with Gasteiger partial charge in [0.15, 0.2) is 0 Å². The van der Waals surface area contributed by atoms with Crippen molar-refractivity contribution < 1.29 is 0 Å². The molecule has 0 saturated heterocycles. The number of hydrogen-bond donors (Lipinski definition) is 2. The van der Waals surface area contributed by atoms with Crippen LogP contribution in [0.15, 0.2) is 22.3 Å². The Kier molecular flexibility index (Phi) is 5.11. The van der Waals surface area contributed by atoms with Crippen molar-refractivity contribution >= 4 is 15.9 Å². The van der Waals surface area contributed by atoms with Crippen molar-refractivity contribution in [1.29, 1.82) is 0 Å². The number of rotatable bonds is 5. The molecule has 2 N–H and O–H groups in total. The highest BCUT2D eigenvalue weighted by Crippen LogP contribution is 2.32. The predicted octanol–water partition coefficient (Wildman–Crippen LogP) is 3.17. The maximum Gasteiger partial charge on any atom is 0.0371 e. The third-order valence-corrected chi connectivity index (χ3v) is 4.38. The van der Waals surface area contributed by atoms with Crippen LogP contribution in [-0.2, 0) is 0 Å². The molecule has 0 amide bonds. The van der Waals surface area contributed by atoms with Gasteiger partial charge in [-0.05, 0) is 58.8 Å². The normalized spacial score (nSPS) is 28.6. The van der Waals surface area contributed by atoms with Gasteiger partial charge >= 0.3 is 0 Å². The minimum absolute atomic E-state index is 0.913. The summed E-state index contributed by atoms with van der Waals surface area (Å²) in [5.41, 5.74) is 1.43. The van der Waals surface area contributed by atoms with Crippen LogP contribution in [-0.4, -0.2) is 19.6 Å². The van der Waals surface area contributed by atoms with Crippen LogP contribution >= 0.6 is 15.9 Å². The van der Waals surface area contributed by atoms with Crippen molar-refractivity contribution in [3.8, 4) is 0 Å². The largest absolute Gasteiger partial charge is 0.386 e. The fraction of sp³-hybridized carbons (Fsp3) is 0.714. The molecule has 0 aromatic heterocycles. The Morgan fingerprint density at radius 2 is 2.24 bits per heavy atom. The van der Waals surface area contributed by atoms with Crippen molar-refractivity contribution in [2.75, 3.05) is 19.6 Å². The summed E-state index contributed by atoms with van der Waals surface area (Å²) in [6.45, 7) is 5.51. The van der Waals surface area contributed by atoms with Crippen molar-refractivity contribution in [1.82, 2.24) is 10.6 Å². The highest BCUT2D eigenvalue weighted by atomic mass is 79.9. The molecule has 2 nitrogen and oxygen atoms in total. The topological polar surface area (TPSA) is 24.1 Å². The fourth-order valence-corrected chi connectivity index (χ4v) is 3.34. The Bertz CT molecular complexity index is 309. The number of halogens is 1. The number of allylic oxidation sites excluding steroid dienone is 2. The average Bonchev–Trinajstić information content (AvgIpc) is 2.77. The van der Waals surface area contributed by atoms with Crippen molar-refractivity contribution in [3.63, 3.8) is 0 Å². The first-order valence-electron chi connectivity index (χ1n) is 6.77. The highest BCUT2D eigenvalue weighted by molar-refractivity contribution is 9.11. The first kappa shape index (κ1) is 13.2. The smallest absolute Gasteiger partial charge is 0.0371 e. The lowest BCUT2D eigenvalue weighted by Crippen LogP contribution is -2.27. The summed E-state index contributed by atoms with van der Waals surface area (Å²) in [7, 11) is 0. The van der Waals surface area contributed by atoms with Crippen LogP contribution in [0.3, 0.4) is 0 Å². The predicted molar refractivity (Wildman–Crippen MR) is 77.1 cm³/mol. The Balaban J connectivity index is 1.65. The molecule has 1 aliphatic carbocycles. The molecule has 0 radical (unpaired) electrons. The standard InChI is InChI=1S/C14H23BrN2/c1-2-11-3-4-12(5-11)7-16-8-13-6-14(15)10-17-9-13/h6,10-12,16-17H,2-5,7-9H2,1H3. The molecule has 2 rings (SSSR count). The second-order valence-corrected chi connectivity index (χ2v) is 6.21.